The van der Waals surface area contributed by atoms with Gasteiger partial charge in [0.1, 0.15) is 12.4 Å². The fourth-order valence-electron chi connectivity index (χ4n) is 2.65. The third-order valence-electron chi connectivity index (χ3n) is 4.35. The zero-order chi connectivity index (χ0) is 18.7. The highest BCUT2D eigenvalue weighted by Crippen LogP contribution is 2.20. The monoisotopic (exact) mass is 369 g/mol. The minimum Gasteiger partial charge on any atom is -0.489 e. The van der Waals surface area contributed by atoms with E-state index in [-0.39, 0.29) is 5.91 Å². The third-order valence-corrected chi connectivity index (χ3v) is 5.32. The second-order valence-corrected chi connectivity index (χ2v) is 7.38. The molecule has 0 aliphatic rings. The van der Waals surface area contributed by atoms with Gasteiger partial charge in [0.2, 0.25) is 0 Å². The Morgan fingerprint density at radius 2 is 2.12 bits per heavy atom. The summed E-state index contributed by atoms with van der Waals surface area (Å²) in [4.78, 5) is 15.1. The summed E-state index contributed by atoms with van der Waals surface area (Å²) in [5, 5.41) is 6.21. The van der Waals surface area contributed by atoms with Crippen molar-refractivity contribution >= 4 is 17.2 Å². The van der Waals surface area contributed by atoms with E-state index in [4.69, 9.17) is 4.74 Å². The van der Waals surface area contributed by atoms with Gasteiger partial charge in [-0.25, -0.2) is 0 Å². The van der Waals surface area contributed by atoms with E-state index in [0.717, 1.165) is 33.0 Å². The molecule has 26 heavy (non-hydrogen) atoms. The van der Waals surface area contributed by atoms with Crippen LogP contribution in [0.5, 0.6) is 5.75 Å². The standard InChI is InChI=1S/C20H23N3O2S/c1-14-6-5-7-18(8-14)25-12-16-9-19(26-13-16)20(24)22(3)11-17-10-21-23(4)15(17)2/h5-10,13H,11-12H2,1-4H3. The number of carbonyl (C=O) groups excluding carboxylic acids is 1. The Labute approximate surface area is 157 Å². The van der Waals surface area contributed by atoms with Crippen LogP contribution in [0.15, 0.2) is 41.9 Å². The SMILES string of the molecule is Cc1cccc(OCc2csc(C(=O)N(C)Cc3cnn(C)c3C)c2)c1. The normalized spacial score (nSPS) is 10.8. The van der Waals surface area contributed by atoms with Crippen LogP contribution in [0, 0.1) is 13.8 Å². The fourth-order valence-corrected chi connectivity index (χ4v) is 3.54. The van der Waals surface area contributed by atoms with Crippen molar-refractivity contribution in [1.82, 2.24) is 14.7 Å². The molecule has 5 nitrogen and oxygen atoms in total. The Kier molecular flexibility index (Phi) is 5.42. The quantitative estimate of drug-likeness (QED) is 0.661. The average molecular weight is 369 g/mol. The number of ether oxygens (including phenoxy) is 1. The first-order valence-corrected chi connectivity index (χ1v) is 9.32. The van der Waals surface area contributed by atoms with Crippen LogP contribution in [-0.4, -0.2) is 27.6 Å². The van der Waals surface area contributed by atoms with E-state index >= 15 is 0 Å². The number of hydrogen-bond donors (Lipinski definition) is 0. The summed E-state index contributed by atoms with van der Waals surface area (Å²) in [5.41, 5.74) is 4.30. The largest absolute Gasteiger partial charge is 0.489 e. The van der Waals surface area contributed by atoms with Crippen LogP contribution in [0.25, 0.3) is 0 Å². The van der Waals surface area contributed by atoms with Crippen LogP contribution in [0.1, 0.15) is 32.1 Å². The fraction of sp³-hybridized carbons (Fsp3) is 0.300. The van der Waals surface area contributed by atoms with Gasteiger partial charge in [0.25, 0.3) is 5.91 Å². The number of benzene rings is 1. The highest BCUT2D eigenvalue weighted by molar-refractivity contribution is 7.12. The first-order chi connectivity index (χ1) is 12.4. The van der Waals surface area contributed by atoms with Crippen molar-refractivity contribution < 1.29 is 9.53 Å². The van der Waals surface area contributed by atoms with Crippen LogP contribution in [0.4, 0.5) is 0 Å². The number of thiophene rings is 1. The van der Waals surface area contributed by atoms with E-state index in [1.807, 2.05) is 74.5 Å². The summed E-state index contributed by atoms with van der Waals surface area (Å²) in [7, 11) is 3.72. The molecule has 1 amide bonds. The number of hydrogen-bond acceptors (Lipinski definition) is 4. The lowest BCUT2D eigenvalue weighted by Gasteiger charge is -2.15. The average Bonchev–Trinajstić information content (AvgIpc) is 3.21. The molecule has 136 valence electrons. The molecule has 0 saturated heterocycles. The first-order valence-electron chi connectivity index (χ1n) is 8.44. The molecule has 0 N–H and O–H groups in total. The van der Waals surface area contributed by atoms with Crippen LogP contribution in [0.3, 0.4) is 0 Å². The molecule has 3 rings (SSSR count). The summed E-state index contributed by atoms with van der Waals surface area (Å²) >= 11 is 1.45. The van der Waals surface area contributed by atoms with E-state index in [9.17, 15) is 4.79 Å². The van der Waals surface area contributed by atoms with Crippen molar-refractivity contribution in [2.24, 2.45) is 7.05 Å². The molecule has 0 bridgehead atoms. The van der Waals surface area contributed by atoms with Crippen molar-refractivity contribution in [3.05, 3.63) is 69.2 Å². The minimum atomic E-state index is 0.0139. The number of aryl methyl sites for hydroxylation is 2. The summed E-state index contributed by atoms with van der Waals surface area (Å²) in [5.74, 6) is 0.855. The van der Waals surface area contributed by atoms with Crippen molar-refractivity contribution in [1.29, 1.82) is 0 Å². The highest BCUT2D eigenvalue weighted by atomic mass is 32.1. The Bertz CT molecular complexity index is 913. The van der Waals surface area contributed by atoms with Crippen LogP contribution in [-0.2, 0) is 20.2 Å². The molecule has 2 heterocycles. The maximum Gasteiger partial charge on any atom is 0.263 e. The number of rotatable bonds is 6. The van der Waals surface area contributed by atoms with Crippen LogP contribution >= 0.6 is 11.3 Å². The number of nitrogens with zero attached hydrogens (tertiary/aromatic N) is 3. The van der Waals surface area contributed by atoms with Gasteiger partial charge in [-0.3, -0.25) is 9.48 Å². The third kappa shape index (κ3) is 4.14. The zero-order valence-corrected chi connectivity index (χ0v) is 16.3. The molecular weight excluding hydrogens is 346 g/mol. The predicted molar refractivity (Wildman–Crippen MR) is 104 cm³/mol. The molecule has 0 aliphatic carbocycles. The molecule has 0 atom stereocenters. The lowest BCUT2D eigenvalue weighted by atomic mass is 10.2. The van der Waals surface area contributed by atoms with Crippen molar-refractivity contribution in [2.45, 2.75) is 27.0 Å². The van der Waals surface area contributed by atoms with Gasteiger partial charge in [0, 0.05) is 37.5 Å². The van der Waals surface area contributed by atoms with E-state index < -0.39 is 0 Å². The van der Waals surface area contributed by atoms with Crippen molar-refractivity contribution in [3.63, 3.8) is 0 Å². The van der Waals surface area contributed by atoms with Crippen molar-refractivity contribution in [2.75, 3.05) is 7.05 Å². The van der Waals surface area contributed by atoms with Gasteiger partial charge < -0.3 is 9.64 Å². The zero-order valence-electron chi connectivity index (χ0n) is 15.5. The molecule has 3 aromatic rings. The summed E-state index contributed by atoms with van der Waals surface area (Å²) in [6, 6.07) is 9.87. The van der Waals surface area contributed by atoms with E-state index in [1.54, 1.807) is 4.90 Å². The minimum absolute atomic E-state index is 0.0139. The predicted octanol–water partition coefficient (Wildman–Crippen LogP) is 3.95. The van der Waals surface area contributed by atoms with Crippen LogP contribution in [0.2, 0.25) is 0 Å². The molecule has 0 saturated carbocycles. The van der Waals surface area contributed by atoms with Gasteiger partial charge in [-0.1, -0.05) is 12.1 Å². The maximum atomic E-state index is 12.7. The number of carbonyl (C=O) groups is 1. The molecule has 0 spiro atoms. The van der Waals surface area contributed by atoms with Crippen LogP contribution < -0.4 is 4.74 Å². The molecule has 6 heteroatoms. The smallest absolute Gasteiger partial charge is 0.263 e. The van der Waals surface area contributed by atoms with Crippen molar-refractivity contribution in [3.8, 4) is 5.75 Å². The summed E-state index contributed by atoms with van der Waals surface area (Å²) < 4.78 is 7.63. The Morgan fingerprint density at radius 1 is 1.31 bits per heavy atom. The van der Waals surface area contributed by atoms with E-state index in [0.29, 0.717) is 13.2 Å². The second-order valence-electron chi connectivity index (χ2n) is 6.46. The van der Waals surface area contributed by atoms with Gasteiger partial charge in [0.05, 0.1) is 11.1 Å². The molecule has 2 aromatic heterocycles. The van der Waals surface area contributed by atoms with E-state index in [2.05, 4.69) is 5.10 Å². The lowest BCUT2D eigenvalue weighted by molar-refractivity contribution is 0.0789. The molecule has 0 aliphatic heterocycles. The summed E-state index contributed by atoms with van der Waals surface area (Å²) in [6.45, 7) is 5.05. The Balaban J connectivity index is 1.61. The van der Waals surface area contributed by atoms with E-state index in [1.165, 1.54) is 11.3 Å². The Morgan fingerprint density at radius 3 is 2.81 bits per heavy atom. The number of amides is 1. The Hall–Kier alpha value is -2.60. The summed E-state index contributed by atoms with van der Waals surface area (Å²) in [6.07, 6.45) is 1.81. The first kappa shape index (κ1) is 18.2. The highest BCUT2D eigenvalue weighted by Gasteiger charge is 2.16. The lowest BCUT2D eigenvalue weighted by Crippen LogP contribution is -2.25. The van der Waals surface area contributed by atoms with Gasteiger partial charge in [-0.15, -0.1) is 11.3 Å². The molecular formula is C20H23N3O2S. The molecule has 1 aromatic carbocycles. The van der Waals surface area contributed by atoms with Gasteiger partial charge in [-0.2, -0.15) is 5.10 Å². The topological polar surface area (TPSA) is 47.4 Å². The molecule has 0 unspecified atom stereocenters. The number of aromatic nitrogens is 2. The van der Waals surface area contributed by atoms with Gasteiger partial charge in [0.15, 0.2) is 0 Å². The second kappa shape index (κ2) is 7.74. The van der Waals surface area contributed by atoms with Gasteiger partial charge >= 0.3 is 0 Å². The molecule has 0 fully saturated rings. The maximum absolute atomic E-state index is 12.7. The molecule has 0 radical (unpaired) electrons. The van der Waals surface area contributed by atoms with Gasteiger partial charge in [-0.05, 0) is 43.0 Å².